The third-order valence-corrected chi connectivity index (χ3v) is 28.3. The summed E-state index contributed by atoms with van der Waals surface area (Å²) < 4.78 is 57.3. The fourth-order valence-electron chi connectivity index (χ4n) is 13.5. The Balaban J connectivity index is 0.000000368. The standard InChI is InChI=1S/C22H27Cl3N2O4S.C21H23BrCl3NO2.C19H20Cl3NO2.C19H22Cl3NO.C19H19Cl3O2.C7H11BrO3.CH4/c1-22(2,17-11-18(24)21(19(25)12-17)31-10-4-9-23)16-7-5-15(6-8-16)13-26-20(28)14-27-32(3,29)30;1-21(2,15-6-4-14(5-7-15)13-26-19(27)12-22)16-10-17(24)20(18(25)11-16)28-9-3-8-23;1-19(2,14-6-4-13(5-7-14)12-23-24)15-10-16(21)18(17(22)11-15)25-9-3-8-20;2*1-19(2,14-6-4-13(12-23)5-7-14)15-10-16(21)18(17(22)11-15)24-9-3-8-20;1-7(2,3)11-6(10)5(9)4-8;/h5-8,11-12,27H,4,9-10,13-14H2,1-3H3,(H,26,28);4-7,10-11H,3,8-9,12-13H2,1-2H3,(H,26,27);4-7,10-12,24H,3,8-9H2,1-2H3;4-7,10-11H,3,8-9,12,23H2,1-2H3;4-7,10-12H,3,8-9H2,1-2H3;4H2,1-3H3;1H4/b;;23-12+;;;;. The second kappa shape index (κ2) is 63.8. The summed E-state index contributed by atoms with van der Waals surface area (Å²) in [6, 6.07) is 58.3. The van der Waals surface area contributed by atoms with Crippen molar-refractivity contribution in [2.75, 3.05) is 85.9 Å². The van der Waals surface area contributed by atoms with Gasteiger partial charge in [0.1, 0.15) is 11.9 Å². The second-order valence-electron chi connectivity index (χ2n) is 36.2. The van der Waals surface area contributed by atoms with Gasteiger partial charge in [-0.2, -0.15) is 0 Å². The van der Waals surface area contributed by atoms with E-state index < -0.39 is 33.3 Å². The first-order valence-corrected chi connectivity index (χ1v) is 56.0. The molecule has 10 aromatic rings. The zero-order chi connectivity index (χ0) is 108. The van der Waals surface area contributed by atoms with E-state index >= 15 is 0 Å². The van der Waals surface area contributed by atoms with Crippen molar-refractivity contribution in [2.45, 2.75) is 182 Å². The smallest absolute Gasteiger partial charge is 0.376 e. The number of carbonyl (C=O) groups excluding carboxylic acids is 5. The number of oxime groups is 1. The van der Waals surface area contributed by atoms with E-state index in [4.69, 9.17) is 213 Å². The van der Waals surface area contributed by atoms with E-state index in [1.807, 2.05) is 146 Å². The van der Waals surface area contributed by atoms with Crippen molar-refractivity contribution in [1.29, 1.82) is 0 Å². The number of nitrogens with one attached hydrogen (secondary N) is 3. The number of hydrogen-bond donors (Lipinski definition) is 5. The molecule has 10 rings (SSSR count). The lowest BCUT2D eigenvalue weighted by Crippen LogP contribution is -2.36. The Kier molecular flexibility index (Phi) is 57.6. The topological polar surface area (TPSA) is 270 Å². The zero-order valence-electron chi connectivity index (χ0n) is 82.4. The first kappa shape index (κ1) is 131. The molecule has 0 fully saturated rings. The number of ketones is 1. The summed E-state index contributed by atoms with van der Waals surface area (Å²) in [5.74, 6) is 3.26. The average molecular weight is 2440 g/mol. The van der Waals surface area contributed by atoms with Crippen LogP contribution in [0.3, 0.4) is 0 Å². The average Bonchev–Trinajstić information content (AvgIpc) is 0.802. The van der Waals surface area contributed by atoms with Gasteiger partial charge in [-0.25, -0.2) is 17.9 Å². The third-order valence-electron chi connectivity index (χ3n) is 22.4. The molecule has 0 unspecified atom stereocenters. The molecule has 0 heterocycles. The number of amides is 2. The maximum atomic E-state index is 11.8. The molecule has 0 aliphatic carbocycles. The number of nitrogens with two attached hydrogens (primary N) is 1. The molecule has 0 spiro atoms. The Hall–Kier alpha value is -6.40. The Morgan fingerprint density at radius 3 is 0.814 bits per heavy atom. The summed E-state index contributed by atoms with van der Waals surface area (Å²) in [6.45, 7) is 29.5. The van der Waals surface area contributed by atoms with Gasteiger partial charge in [-0.3, -0.25) is 19.2 Å². The summed E-state index contributed by atoms with van der Waals surface area (Å²) in [7, 11) is -3.41. The van der Waals surface area contributed by atoms with Crippen molar-refractivity contribution in [1.82, 2.24) is 15.4 Å². The molecule has 0 aromatic heterocycles. The monoisotopic (exact) mass is 2430 g/mol. The number of hydrogen-bond acceptors (Lipinski definition) is 16. The molecule has 145 heavy (non-hydrogen) atoms. The van der Waals surface area contributed by atoms with Gasteiger partial charge in [-0.1, -0.05) is 351 Å². The van der Waals surface area contributed by atoms with Crippen LogP contribution in [-0.2, 0) is 80.6 Å². The molecule has 0 atom stereocenters. The van der Waals surface area contributed by atoms with E-state index in [0.29, 0.717) is 172 Å². The molecule has 37 heteroatoms. The van der Waals surface area contributed by atoms with Crippen molar-refractivity contribution in [2.24, 2.45) is 10.9 Å². The summed E-state index contributed by atoms with van der Waals surface area (Å²) >= 11 is 98.4. The van der Waals surface area contributed by atoms with E-state index in [1.54, 1.807) is 32.9 Å². The number of Topliss-reactive ketones (excluding diaryl/α,β-unsaturated/α-hetero) is 1. The molecule has 792 valence electrons. The van der Waals surface area contributed by atoms with Crippen molar-refractivity contribution >= 4 is 252 Å². The summed E-state index contributed by atoms with van der Waals surface area (Å²) in [5.41, 5.74) is 18.4. The summed E-state index contributed by atoms with van der Waals surface area (Å²) in [5, 5.41) is 22.3. The van der Waals surface area contributed by atoms with E-state index in [2.05, 4.69) is 146 Å². The number of alkyl halides is 7. The minimum Gasteiger partial charge on any atom is -0.490 e. The van der Waals surface area contributed by atoms with E-state index in [0.717, 1.165) is 111 Å². The molecule has 19 nitrogen and oxygen atoms in total. The number of ether oxygens (including phenoxy) is 6. The second-order valence-corrected chi connectivity index (χ2v) is 45.1. The minimum atomic E-state index is -3.41. The number of esters is 1. The van der Waals surface area contributed by atoms with Gasteiger partial charge in [-0.15, -0.1) is 58.0 Å². The van der Waals surface area contributed by atoms with Crippen LogP contribution < -0.4 is 44.8 Å². The molecule has 0 aliphatic heterocycles. The third kappa shape index (κ3) is 42.3. The number of aldehydes is 1. The largest absolute Gasteiger partial charge is 0.490 e. The van der Waals surface area contributed by atoms with Crippen LogP contribution in [0.25, 0.3) is 0 Å². The van der Waals surface area contributed by atoms with Gasteiger partial charge in [0.15, 0.2) is 28.7 Å². The van der Waals surface area contributed by atoms with Crippen LogP contribution >= 0.6 is 206 Å². The first-order chi connectivity index (χ1) is 67.8. The predicted octanol–water partition coefficient (Wildman–Crippen LogP) is 30.8. The highest BCUT2D eigenvalue weighted by Gasteiger charge is 2.33. The maximum absolute atomic E-state index is 11.8. The zero-order valence-corrected chi connectivity index (χ0v) is 97.8. The highest BCUT2D eigenvalue weighted by atomic mass is 79.9. The van der Waals surface area contributed by atoms with Crippen LogP contribution in [0, 0.1) is 0 Å². The molecular weight excluding hydrogens is 2310 g/mol. The maximum Gasteiger partial charge on any atom is 0.376 e. The molecule has 6 N–H and O–H groups in total. The molecule has 0 saturated carbocycles. The van der Waals surface area contributed by atoms with Gasteiger partial charge in [0, 0.05) is 81.7 Å². The molecule has 0 bridgehead atoms. The van der Waals surface area contributed by atoms with Crippen LogP contribution in [0.15, 0.2) is 187 Å². The normalized spacial score (nSPS) is 11.5. The van der Waals surface area contributed by atoms with Gasteiger partial charge in [0.05, 0.1) is 113 Å². The van der Waals surface area contributed by atoms with Gasteiger partial charge in [0.2, 0.25) is 21.8 Å². The SMILES string of the molecule is C.CC(C)(C)OC(=O)C(=O)CBr.CC(C)(c1ccc(/C=N/O)cc1)c1cc(Cl)c(OCCCCl)c(Cl)c1.CC(C)(c1ccc(C=O)cc1)c1cc(Cl)c(OCCCCl)c(Cl)c1.CC(C)(c1ccc(CN)cc1)c1cc(Cl)c(OCCCCl)c(Cl)c1.CC(C)(c1ccc(CNC(=O)CBr)cc1)c1cc(Cl)c(OCCCCl)c(Cl)c1.CC(C)(c1ccc(CNC(=O)CNS(C)(=O)=O)cc1)c1cc(Cl)c(OCCCCl)c(Cl)c1. The fourth-order valence-corrected chi connectivity index (χ4v) is 17.9. The van der Waals surface area contributed by atoms with E-state index in [9.17, 15) is 32.4 Å². The lowest BCUT2D eigenvalue weighted by Gasteiger charge is -2.27. The molecule has 10 aromatic carbocycles. The van der Waals surface area contributed by atoms with Crippen LogP contribution in [0.2, 0.25) is 50.2 Å². The Morgan fingerprint density at radius 2 is 0.607 bits per heavy atom. The quantitative estimate of drug-likeness (QED) is 0.00347. The highest BCUT2D eigenvalue weighted by molar-refractivity contribution is 9.09. The lowest BCUT2D eigenvalue weighted by molar-refractivity contribution is -0.161. The van der Waals surface area contributed by atoms with Crippen LogP contribution in [0.4, 0.5) is 0 Å². The van der Waals surface area contributed by atoms with E-state index in [-0.39, 0.29) is 58.8 Å². The van der Waals surface area contributed by atoms with Crippen molar-refractivity contribution in [3.63, 3.8) is 0 Å². The Morgan fingerprint density at radius 1 is 0.372 bits per heavy atom. The minimum absolute atomic E-state index is 0. The summed E-state index contributed by atoms with van der Waals surface area (Å²) in [6.07, 6.45) is 6.84. The number of benzene rings is 10. The number of nitrogens with zero attached hydrogens (tertiary/aromatic N) is 1. The predicted molar refractivity (Wildman–Crippen MR) is 614 cm³/mol. The summed E-state index contributed by atoms with van der Waals surface area (Å²) in [4.78, 5) is 55.4. The first-order valence-electron chi connectivity index (χ1n) is 45.4. The lowest BCUT2D eigenvalue weighted by atomic mass is 9.78. The van der Waals surface area contributed by atoms with Crippen molar-refractivity contribution in [3.8, 4) is 28.7 Å². The number of rotatable bonds is 43. The van der Waals surface area contributed by atoms with E-state index in [1.165, 1.54) is 11.8 Å². The van der Waals surface area contributed by atoms with Crippen LogP contribution in [0.1, 0.15) is 218 Å². The van der Waals surface area contributed by atoms with Crippen LogP contribution in [0.5, 0.6) is 28.7 Å². The Bertz CT molecular complexity index is 5850. The number of carbonyl (C=O) groups is 5. The highest BCUT2D eigenvalue weighted by Crippen LogP contribution is 2.47. The molecular formula is C108H126Br2Cl15N5O14S. The van der Waals surface area contributed by atoms with Gasteiger partial charge >= 0.3 is 5.97 Å². The van der Waals surface area contributed by atoms with Crippen LogP contribution in [-0.4, -0.2) is 141 Å². The van der Waals surface area contributed by atoms with Gasteiger partial charge in [-0.05, 0) is 191 Å². The molecule has 2 amide bonds. The molecule has 0 radical (unpaired) electrons. The van der Waals surface area contributed by atoms with Crippen molar-refractivity contribution < 1.29 is 66.0 Å². The fraction of sp³-hybridized carbons (Fsp3) is 0.389. The van der Waals surface area contributed by atoms with Crippen molar-refractivity contribution in [3.05, 3.63) is 316 Å². The van der Waals surface area contributed by atoms with Gasteiger partial charge < -0.3 is 50.0 Å². The molecule has 0 saturated heterocycles. The number of sulfonamides is 1. The number of halogens is 17. The molecule has 0 aliphatic rings. The Labute approximate surface area is 947 Å². The van der Waals surface area contributed by atoms with Gasteiger partial charge in [0.25, 0.3) is 5.78 Å².